The lowest BCUT2D eigenvalue weighted by atomic mass is 9.96. The molecule has 3 amide bonds. The molecule has 3 N–H and O–H groups in total. The van der Waals surface area contributed by atoms with E-state index < -0.39 is 0 Å². The molecule has 0 aromatic heterocycles. The minimum absolute atomic E-state index is 0.0115. The van der Waals surface area contributed by atoms with Crippen molar-refractivity contribution in [1.29, 1.82) is 0 Å². The number of urea groups is 1. The van der Waals surface area contributed by atoms with Gasteiger partial charge in [-0.3, -0.25) is 9.69 Å². The van der Waals surface area contributed by atoms with Crippen molar-refractivity contribution >= 4 is 23.3 Å². The number of hydrogen-bond donors (Lipinski definition) is 3. The molecule has 2 aliphatic heterocycles. The van der Waals surface area contributed by atoms with Crippen LogP contribution in [0.1, 0.15) is 46.1 Å². The summed E-state index contributed by atoms with van der Waals surface area (Å²) in [6.45, 7) is 8.16. The smallest absolute Gasteiger partial charge is 0.319 e. The lowest BCUT2D eigenvalue weighted by molar-refractivity contribution is 0.0736. The van der Waals surface area contributed by atoms with Gasteiger partial charge in [-0.15, -0.1) is 0 Å². The Balaban J connectivity index is 1.22. The fraction of sp³-hybridized carbons (Fsp3) is 0.297. The van der Waals surface area contributed by atoms with Gasteiger partial charge in [0, 0.05) is 57.9 Å². The van der Waals surface area contributed by atoms with Crippen LogP contribution in [0.15, 0.2) is 109 Å². The number of carbonyl (C=O) groups excluding carboxylic acids is 2. The maximum Gasteiger partial charge on any atom is 0.319 e. The quantitative estimate of drug-likeness (QED) is 0.247. The van der Waals surface area contributed by atoms with Gasteiger partial charge >= 0.3 is 6.03 Å². The van der Waals surface area contributed by atoms with Gasteiger partial charge < -0.3 is 25.8 Å². The third-order valence-corrected chi connectivity index (χ3v) is 8.79. The molecule has 0 bridgehead atoms. The molecular formula is C37H42N6O2. The highest BCUT2D eigenvalue weighted by molar-refractivity contribution is 5.99. The van der Waals surface area contributed by atoms with E-state index in [1.807, 2.05) is 60.4 Å². The number of benzene rings is 4. The molecule has 0 spiro atoms. The molecule has 4 aromatic rings. The minimum atomic E-state index is -0.300. The largest absolute Gasteiger partial charge is 0.367 e. The highest BCUT2D eigenvalue weighted by atomic mass is 16.2. The van der Waals surface area contributed by atoms with Crippen molar-refractivity contribution in [3.63, 3.8) is 0 Å². The molecule has 2 aliphatic rings. The van der Waals surface area contributed by atoms with Crippen LogP contribution in [0.2, 0.25) is 0 Å². The van der Waals surface area contributed by atoms with Gasteiger partial charge in [0.2, 0.25) is 0 Å². The maximum absolute atomic E-state index is 13.4. The Morgan fingerprint density at radius 3 is 1.82 bits per heavy atom. The SMILES string of the molecule is CC(NC(=O)Nc1cc(C(=O)N2CCNCC2)ccc1N1CCN(C(c2ccccc2)c2ccccc2)CC1)c1ccccc1. The van der Waals surface area contributed by atoms with Gasteiger partial charge in [-0.1, -0.05) is 91.0 Å². The van der Waals surface area contributed by atoms with Crippen LogP contribution in [0.25, 0.3) is 0 Å². The van der Waals surface area contributed by atoms with Gasteiger partial charge in [-0.05, 0) is 41.8 Å². The molecule has 1 unspecified atom stereocenters. The van der Waals surface area contributed by atoms with E-state index in [-0.39, 0.29) is 24.0 Å². The zero-order valence-electron chi connectivity index (χ0n) is 25.9. The predicted octanol–water partition coefficient (Wildman–Crippen LogP) is 5.53. The maximum atomic E-state index is 13.4. The van der Waals surface area contributed by atoms with Crippen LogP contribution in [-0.4, -0.2) is 74.1 Å². The average molecular weight is 603 g/mol. The Kier molecular flexibility index (Phi) is 9.73. The molecule has 2 heterocycles. The van der Waals surface area contributed by atoms with Gasteiger partial charge in [-0.2, -0.15) is 0 Å². The van der Waals surface area contributed by atoms with Crippen LogP contribution in [0.5, 0.6) is 0 Å². The average Bonchev–Trinajstić information content (AvgIpc) is 3.10. The minimum Gasteiger partial charge on any atom is -0.367 e. The number of hydrogen-bond acceptors (Lipinski definition) is 5. The number of rotatable bonds is 8. The molecule has 8 nitrogen and oxygen atoms in total. The van der Waals surface area contributed by atoms with Crippen molar-refractivity contribution in [3.8, 4) is 0 Å². The molecule has 232 valence electrons. The lowest BCUT2D eigenvalue weighted by Gasteiger charge is -2.41. The third kappa shape index (κ3) is 7.36. The predicted molar refractivity (Wildman–Crippen MR) is 181 cm³/mol. The standard InChI is InChI=1S/C37H42N6O2/c1-28(29-11-5-2-6-12-29)39-37(45)40-33-27-32(36(44)43-21-19-38-20-22-43)17-18-34(33)41-23-25-42(26-24-41)35(30-13-7-3-8-14-30)31-15-9-4-10-16-31/h2-18,27-28,35,38H,19-26H2,1H3,(H2,39,40,45). The van der Waals surface area contributed by atoms with Crippen molar-refractivity contribution in [2.45, 2.75) is 19.0 Å². The monoisotopic (exact) mass is 602 g/mol. The second-order valence-corrected chi connectivity index (χ2v) is 11.8. The summed E-state index contributed by atoms with van der Waals surface area (Å²) in [6.07, 6.45) is 0. The number of nitrogens with zero attached hydrogens (tertiary/aromatic N) is 3. The second-order valence-electron chi connectivity index (χ2n) is 11.8. The van der Waals surface area contributed by atoms with Gasteiger partial charge in [0.15, 0.2) is 0 Å². The van der Waals surface area contributed by atoms with Crippen molar-refractivity contribution in [2.75, 3.05) is 62.6 Å². The summed E-state index contributed by atoms with van der Waals surface area (Å²) in [5, 5.41) is 9.47. The first-order valence-corrected chi connectivity index (χ1v) is 15.9. The molecule has 2 saturated heterocycles. The molecule has 0 aliphatic carbocycles. The molecule has 0 saturated carbocycles. The van der Waals surface area contributed by atoms with Crippen LogP contribution in [-0.2, 0) is 0 Å². The Morgan fingerprint density at radius 1 is 0.689 bits per heavy atom. The highest BCUT2D eigenvalue weighted by Gasteiger charge is 2.28. The van der Waals surface area contributed by atoms with Crippen LogP contribution in [0.3, 0.4) is 0 Å². The molecule has 8 heteroatoms. The van der Waals surface area contributed by atoms with Gasteiger partial charge in [0.05, 0.1) is 23.5 Å². The summed E-state index contributed by atoms with van der Waals surface area (Å²) in [4.78, 5) is 33.5. The van der Waals surface area contributed by atoms with E-state index in [4.69, 9.17) is 0 Å². The van der Waals surface area contributed by atoms with Crippen molar-refractivity contribution in [1.82, 2.24) is 20.4 Å². The van der Waals surface area contributed by atoms with Crippen LogP contribution < -0.4 is 20.9 Å². The lowest BCUT2D eigenvalue weighted by Crippen LogP contribution is -2.48. The topological polar surface area (TPSA) is 79.9 Å². The van der Waals surface area contributed by atoms with Crippen molar-refractivity contribution in [3.05, 3.63) is 131 Å². The summed E-state index contributed by atoms with van der Waals surface area (Å²) >= 11 is 0. The van der Waals surface area contributed by atoms with E-state index in [1.54, 1.807) is 0 Å². The summed E-state index contributed by atoms with van der Waals surface area (Å²) in [5.74, 6) is -0.0115. The van der Waals surface area contributed by atoms with Crippen LogP contribution in [0, 0.1) is 0 Å². The first-order valence-electron chi connectivity index (χ1n) is 15.9. The molecule has 45 heavy (non-hydrogen) atoms. The second kappa shape index (κ2) is 14.4. The van der Waals surface area contributed by atoms with E-state index in [9.17, 15) is 9.59 Å². The number of nitrogens with one attached hydrogen (secondary N) is 3. The van der Waals surface area contributed by atoms with E-state index in [0.29, 0.717) is 24.3 Å². The first-order chi connectivity index (χ1) is 22.1. The number of piperazine rings is 2. The molecule has 4 aromatic carbocycles. The summed E-state index contributed by atoms with van der Waals surface area (Å²) in [6, 6.07) is 36.7. The molecule has 1 atom stereocenters. The molecule has 0 radical (unpaired) electrons. The highest BCUT2D eigenvalue weighted by Crippen LogP contribution is 2.33. The Hall–Kier alpha value is -4.66. The fourth-order valence-electron chi connectivity index (χ4n) is 6.38. The van der Waals surface area contributed by atoms with E-state index in [0.717, 1.165) is 50.5 Å². The Labute approximate surface area is 266 Å². The van der Waals surface area contributed by atoms with Crippen LogP contribution >= 0.6 is 0 Å². The molecular weight excluding hydrogens is 560 g/mol. The first kappa shape index (κ1) is 30.4. The van der Waals surface area contributed by atoms with E-state index in [1.165, 1.54) is 11.1 Å². The normalized spacial score (nSPS) is 16.3. The van der Waals surface area contributed by atoms with Gasteiger partial charge in [0.25, 0.3) is 5.91 Å². The number of carbonyl (C=O) groups is 2. The summed E-state index contributed by atoms with van der Waals surface area (Å²) < 4.78 is 0. The van der Waals surface area contributed by atoms with Crippen molar-refractivity contribution < 1.29 is 9.59 Å². The zero-order chi connectivity index (χ0) is 31.0. The molecule has 2 fully saturated rings. The van der Waals surface area contributed by atoms with Crippen molar-refractivity contribution in [2.24, 2.45) is 0 Å². The Morgan fingerprint density at radius 2 is 1.24 bits per heavy atom. The van der Waals surface area contributed by atoms with E-state index >= 15 is 0 Å². The van der Waals surface area contributed by atoms with Crippen LogP contribution in [0.4, 0.5) is 16.2 Å². The Bertz CT molecular complexity index is 1510. The summed E-state index contributed by atoms with van der Waals surface area (Å²) in [5.41, 5.74) is 5.73. The van der Waals surface area contributed by atoms with Gasteiger partial charge in [0.1, 0.15) is 0 Å². The zero-order valence-corrected chi connectivity index (χ0v) is 25.9. The van der Waals surface area contributed by atoms with E-state index in [2.05, 4.69) is 86.4 Å². The number of amides is 3. The number of anilines is 2. The molecule has 6 rings (SSSR count). The third-order valence-electron chi connectivity index (χ3n) is 8.79. The van der Waals surface area contributed by atoms with Gasteiger partial charge in [-0.25, -0.2) is 4.79 Å². The fourth-order valence-corrected chi connectivity index (χ4v) is 6.38. The summed E-state index contributed by atoms with van der Waals surface area (Å²) in [7, 11) is 0.